The van der Waals surface area contributed by atoms with E-state index in [9.17, 15) is 5.11 Å². The van der Waals surface area contributed by atoms with Gasteiger partial charge in [-0.1, -0.05) is 6.92 Å². The first kappa shape index (κ1) is 11.8. The van der Waals surface area contributed by atoms with Gasteiger partial charge in [0, 0.05) is 31.6 Å². The quantitative estimate of drug-likeness (QED) is 0.855. The van der Waals surface area contributed by atoms with Crippen LogP contribution in [0.15, 0.2) is 36.8 Å². The highest BCUT2D eigenvalue weighted by Gasteiger charge is 2.13. The number of aliphatic hydroxyl groups excluding tert-OH is 1. The van der Waals surface area contributed by atoms with Crippen LogP contribution in [0.1, 0.15) is 30.7 Å². The van der Waals surface area contributed by atoms with E-state index in [1.54, 1.807) is 18.6 Å². The minimum atomic E-state index is -0.508. The van der Waals surface area contributed by atoms with E-state index >= 15 is 0 Å². The van der Waals surface area contributed by atoms with Crippen molar-refractivity contribution in [1.82, 2.24) is 14.8 Å². The molecule has 0 spiro atoms. The van der Waals surface area contributed by atoms with Crippen LogP contribution < -0.4 is 0 Å². The lowest BCUT2D eigenvalue weighted by Crippen LogP contribution is -2.11. The minimum absolute atomic E-state index is 0.508. The Labute approximate surface area is 101 Å². The van der Waals surface area contributed by atoms with Crippen molar-refractivity contribution in [3.8, 4) is 0 Å². The van der Waals surface area contributed by atoms with E-state index in [-0.39, 0.29) is 0 Å². The van der Waals surface area contributed by atoms with Crippen molar-refractivity contribution in [3.05, 3.63) is 48.0 Å². The molecule has 2 aromatic rings. The van der Waals surface area contributed by atoms with Crippen molar-refractivity contribution in [2.45, 2.75) is 32.4 Å². The highest BCUT2D eigenvalue weighted by Crippen LogP contribution is 2.17. The highest BCUT2D eigenvalue weighted by atomic mass is 16.3. The Morgan fingerprint density at radius 2 is 2.00 bits per heavy atom. The van der Waals surface area contributed by atoms with Gasteiger partial charge in [-0.25, -0.2) is 0 Å². The molecule has 0 fully saturated rings. The summed E-state index contributed by atoms with van der Waals surface area (Å²) in [6.07, 6.45) is 6.32. The third-order valence-electron chi connectivity index (χ3n) is 2.70. The van der Waals surface area contributed by atoms with Gasteiger partial charge in [0.1, 0.15) is 0 Å². The van der Waals surface area contributed by atoms with Gasteiger partial charge in [0.05, 0.1) is 11.8 Å². The predicted molar refractivity (Wildman–Crippen MR) is 65.4 cm³/mol. The van der Waals surface area contributed by atoms with Crippen LogP contribution in [-0.2, 0) is 13.0 Å². The molecule has 2 aromatic heterocycles. The fourth-order valence-electron chi connectivity index (χ4n) is 1.87. The Morgan fingerprint density at radius 1 is 1.24 bits per heavy atom. The summed E-state index contributed by atoms with van der Waals surface area (Å²) in [5.74, 6) is 0. The van der Waals surface area contributed by atoms with Gasteiger partial charge in [-0.3, -0.25) is 9.67 Å². The molecule has 17 heavy (non-hydrogen) atoms. The molecule has 4 nitrogen and oxygen atoms in total. The second kappa shape index (κ2) is 5.59. The Hall–Kier alpha value is -1.68. The molecule has 1 unspecified atom stereocenters. The van der Waals surface area contributed by atoms with E-state index in [4.69, 9.17) is 0 Å². The molecule has 2 heterocycles. The number of aliphatic hydroxyl groups is 1. The van der Waals surface area contributed by atoms with Crippen LogP contribution >= 0.6 is 0 Å². The van der Waals surface area contributed by atoms with Gasteiger partial charge in [-0.05, 0) is 30.2 Å². The molecule has 4 heteroatoms. The van der Waals surface area contributed by atoms with E-state index < -0.39 is 6.10 Å². The predicted octanol–water partition coefficient (Wildman–Crippen LogP) is 1.96. The van der Waals surface area contributed by atoms with Crippen LogP contribution in [0.25, 0.3) is 0 Å². The van der Waals surface area contributed by atoms with E-state index in [1.165, 1.54) is 0 Å². The zero-order valence-electron chi connectivity index (χ0n) is 9.95. The average molecular weight is 231 g/mol. The third kappa shape index (κ3) is 2.91. The monoisotopic (exact) mass is 231 g/mol. The second-order valence-electron chi connectivity index (χ2n) is 4.05. The lowest BCUT2D eigenvalue weighted by molar-refractivity contribution is 0.166. The summed E-state index contributed by atoms with van der Waals surface area (Å²) in [5, 5.41) is 14.4. The summed E-state index contributed by atoms with van der Waals surface area (Å²) in [7, 11) is 0. The van der Waals surface area contributed by atoms with Crippen molar-refractivity contribution in [1.29, 1.82) is 0 Å². The molecule has 1 N–H and O–H groups in total. The number of rotatable bonds is 5. The van der Waals surface area contributed by atoms with Crippen LogP contribution in [0.5, 0.6) is 0 Å². The summed E-state index contributed by atoms with van der Waals surface area (Å²) in [6.45, 7) is 2.94. The fraction of sp³-hybridized carbons (Fsp3) is 0.385. The van der Waals surface area contributed by atoms with Crippen molar-refractivity contribution in [3.63, 3.8) is 0 Å². The van der Waals surface area contributed by atoms with Crippen LogP contribution in [-0.4, -0.2) is 19.9 Å². The summed E-state index contributed by atoms with van der Waals surface area (Å²) in [6, 6.07) is 5.72. The van der Waals surface area contributed by atoms with Crippen molar-refractivity contribution < 1.29 is 5.11 Å². The van der Waals surface area contributed by atoms with Gasteiger partial charge in [0.25, 0.3) is 0 Å². The summed E-state index contributed by atoms with van der Waals surface area (Å²) in [4.78, 5) is 3.96. The first-order valence-corrected chi connectivity index (χ1v) is 5.90. The largest absolute Gasteiger partial charge is 0.386 e. The van der Waals surface area contributed by atoms with Gasteiger partial charge in [-0.2, -0.15) is 5.10 Å². The van der Waals surface area contributed by atoms with E-state index in [1.807, 2.05) is 22.9 Å². The topological polar surface area (TPSA) is 50.9 Å². The fourth-order valence-corrected chi connectivity index (χ4v) is 1.87. The van der Waals surface area contributed by atoms with Gasteiger partial charge in [-0.15, -0.1) is 0 Å². The SMILES string of the molecule is CCCn1nccc1C(O)Cc1ccncc1. The van der Waals surface area contributed by atoms with Gasteiger partial charge in [0.15, 0.2) is 0 Å². The number of aromatic nitrogens is 3. The van der Waals surface area contributed by atoms with E-state index in [0.29, 0.717) is 6.42 Å². The molecule has 0 aromatic carbocycles. The van der Waals surface area contributed by atoms with Crippen LogP contribution in [0.3, 0.4) is 0 Å². The molecule has 0 saturated heterocycles. The molecule has 90 valence electrons. The Kier molecular flexibility index (Phi) is 3.88. The Balaban J connectivity index is 2.09. The molecule has 0 saturated carbocycles. The summed E-state index contributed by atoms with van der Waals surface area (Å²) < 4.78 is 1.87. The van der Waals surface area contributed by atoms with Gasteiger partial charge < -0.3 is 5.11 Å². The number of hydrogen-bond acceptors (Lipinski definition) is 3. The average Bonchev–Trinajstić information content (AvgIpc) is 2.79. The highest BCUT2D eigenvalue weighted by molar-refractivity contribution is 5.15. The number of hydrogen-bond donors (Lipinski definition) is 1. The molecule has 0 radical (unpaired) electrons. The lowest BCUT2D eigenvalue weighted by atomic mass is 10.1. The second-order valence-corrected chi connectivity index (χ2v) is 4.05. The number of nitrogens with zero attached hydrogens (tertiary/aromatic N) is 3. The Bertz CT molecular complexity index is 453. The third-order valence-corrected chi connectivity index (χ3v) is 2.70. The smallest absolute Gasteiger partial charge is 0.0996 e. The first-order chi connectivity index (χ1) is 8.31. The lowest BCUT2D eigenvalue weighted by Gasteiger charge is -2.12. The van der Waals surface area contributed by atoms with Crippen LogP contribution in [0, 0.1) is 0 Å². The molecular weight excluding hydrogens is 214 g/mol. The maximum absolute atomic E-state index is 10.2. The molecule has 1 atom stereocenters. The first-order valence-electron chi connectivity index (χ1n) is 5.90. The number of aryl methyl sites for hydroxylation is 1. The standard InChI is InChI=1S/C13H17N3O/c1-2-9-16-12(5-8-15-16)13(17)10-11-3-6-14-7-4-11/h3-8,13,17H,2,9-10H2,1H3. The molecule has 0 aliphatic carbocycles. The van der Waals surface area contributed by atoms with E-state index in [2.05, 4.69) is 17.0 Å². The van der Waals surface area contributed by atoms with Gasteiger partial charge in [0.2, 0.25) is 0 Å². The van der Waals surface area contributed by atoms with Crippen LogP contribution in [0.2, 0.25) is 0 Å². The molecular formula is C13H17N3O. The molecule has 0 bridgehead atoms. The van der Waals surface area contributed by atoms with Crippen molar-refractivity contribution in [2.75, 3.05) is 0 Å². The maximum atomic E-state index is 10.2. The normalized spacial score (nSPS) is 12.6. The van der Waals surface area contributed by atoms with Gasteiger partial charge >= 0.3 is 0 Å². The molecule has 0 aliphatic rings. The molecule has 2 rings (SSSR count). The molecule has 0 amide bonds. The summed E-state index contributed by atoms with van der Waals surface area (Å²) in [5.41, 5.74) is 1.96. The van der Waals surface area contributed by atoms with Crippen LogP contribution in [0.4, 0.5) is 0 Å². The zero-order chi connectivity index (χ0) is 12.1. The Morgan fingerprint density at radius 3 is 2.71 bits per heavy atom. The molecule has 0 aliphatic heterocycles. The van der Waals surface area contributed by atoms with E-state index in [0.717, 1.165) is 24.2 Å². The maximum Gasteiger partial charge on any atom is 0.0996 e. The van der Waals surface area contributed by atoms with Crippen molar-refractivity contribution in [2.24, 2.45) is 0 Å². The van der Waals surface area contributed by atoms with Crippen molar-refractivity contribution >= 4 is 0 Å². The number of pyridine rings is 1. The summed E-state index contributed by atoms with van der Waals surface area (Å²) >= 11 is 0. The minimum Gasteiger partial charge on any atom is -0.386 e. The zero-order valence-corrected chi connectivity index (χ0v) is 9.95.